The van der Waals surface area contributed by atoms with Crippen molar-refractivity contribution in [3.05, 3.63) is 23.8 Å². The zero-order valence-corrected chi connectivity index (χ0v) is 9.12. The van der Waals surface area contributed by atoms with E-state index in [0.717, 1.165) is 18.8 Å². The van der Waals surface area contributed by atoms with Crippen molar-refractivity contribution >= 4 is 5.69 Å². The number of nitrogens with two attached hydrogens (primary N) is 1. The van der Waals surface area contributed by atoms with Gasteiger partial charge in [-0.3, -0.25) is 0 Å². The van der Waals surface area contributed by atoms with E-state index in [-0.39, 0.29) is 0 Å². The predicted molar refractivity (Wildman–Crippen MR) is 62.3 cm³/mol. The zero-order chi connectivity index (χ0) is 10.7. The molecule has 0 amide bonds. The maximum absolute atomic E-state index is 5.79. The van der Waals surface area contributed by atoms with Crippen LogP contribution in [0, 0.1) is 0 Å². The zero-order valence-electron chi connectivity index (χ0n) is 9.12. The van der Waals surface area contributed by atoms with Crippen LogP contribution in [0.15, 0.2) is 18.2 Å². The van der Waals surface area contributed by atoms with E-state index >= 15 is 0 Å². The van der Waals surface area contributed by atoms with E-state index in [2.05, 4.69) is 17.4 Å². The Labute approximate surface area is 90.6 Å². The van der Waals surface area contributed by atoms with E-state index in [1.54, 1.807) is 7.11 Å². The number of ether oxygens (including phenoxy) is 1. The second-order valence-corrected chi connectivity index (χ2v) is 4.04. The third kappa shape index (κ3) is 2.23. The van der Waals surface area contributed by atoms with Crippen molar-refractivity contribution in [3.63, 3.8) is 0 Å². The van der Waals surface area contributed by atoms with E-state index in [9.17, 15) is 0 Å². The number of nitrogens with one attached hydrogen (secondary N) is 1. The highest BCUT2D eigenvalue weighted by molar-refractivity contribution is 5.54. The molecule has 1 heterocycles. The highest BCUT2D eigenvalue weighted by atomic mass is 16.5. The Kier molecular flexibility index (Phi) is 3.11. The van der Waals surface area contributed by atoms with Gasteiger partial charge in [-0.25, -0.2) is 0 Å². The first kappa shape index (κ1) is 10.3. The van der Waals surface area contributed by atoms with Gasteiger partial charge in [-0.2, -0.15) is 0 Å². The van der Waals surface area contributed by atoms with Gasteiger partial charge >= 0.3 is 0 Å². The minimum Gasteiger partial charge on any atom is -0.495 e. The molecule has 3 nitrogen and oxygen atoms in total. The first-order valence-electron chi connectivity index (χ1n) is 5.45. The molecule has 1 fully saturated rings. The quantitative estimate of drug-likeness (QED) is 0.725. The normalized spacial score (nSPS) is 21.3. The molecule has 0 saturated carbocycles. The molecule has 1 aromatic carbocycles. The van der Waals surface area contributed by atoms with Gasteiger partial charge in [0.1, 0.15) is 5.75 Å². The van der Waals surface area contributed by atoms with Crippen LogP contribution in [0.5, 0.6) is 5.75 Å². The smallest absolute Gasteiger partial charge is 0.142 e. The summed E-state index contributed by atoms with van der Waals surface area (Å²) in [4.78, 5) is 0. The molecule has 3 N–H and O–H groups in total. The topological polar surface area (TPSA) is 47.3 Å². The van der Waals surface area contributed by atoms with Crippen LogP contribution in [0.25, 0.3) is 0 Å². The van der Waals surface area contributed by atoms with Crippen LogP contribution < -0.4 is 15.8 Å². The lowest BCUT2D eigenvalue weighted by atomic mass is 9.91. The van der Waals surface area contributed by atoms with Crippen LogP contribution in [-0.2, 0) is 0 Å². The molecular formula is C12H18N2O. The van der Waals surface area contributed by atoms with Crippen molar-refractivity contribution in [2.75, 3.05) is 25.9 Å². The van der Waals surface area contributed by atoms with E-state index in [4.69, 9.17) is 10.5 Å². The molecule has 1 aliphatic heterocycles. The summed E-state index contributed by atoms with van der Waals surface area (Å²) in [6.45, 7) is 2.20. The summed E-state index contributed by atoms with van der Waals surface area (Å²) in [7, 11) is 1.66. The maximum atomic E-state index is 5.79. The number of hydrogen-bond acceptors (Lipinski definition) is 3. The number of anilines is 1. The molecule has 0 aliphatic carbocycles. The van der Waals surface area contributed by atoms with Crippen LogP contribution >= 0.6 is 0 Å². The Morgan fingerprint density at radius 3 is 3.00 bits per heavy atom. The number of nitrogen functional groups attached to an aromatic ring is 1. The second kappa shape index (κ2) is 4.53. The van der Waals surface area contributed by atoms with Gasteiger partial charge in [-0.05, 0) is 43.0 Å². The molecule has 2 rings (SSSR count). The number of benzene rings is 1. The Morgan fingerprint density at radius 2 is 2.33 bits per heavy atom. The summed E-state index contributed by atoms with van der Waals surface area (Å²) in [6.07, 6.45) is 2.50. The first-order chi connectivity index (χ1) is 7.31. The summed E-state index contributed by atoms with van der Waals surface area (Å²) in [5, 5.41) is 3.41. The predicted octanol–water partition coefficient (Wildman–Crippen LogP) is 1.74. The van der Waals surface area contributed by atoms with Crippen molar-refractivity contribution in [1.82, 2.24) is 5.32 Å². The van der Waals surface area contributed by atoms with Crippen molar-refractivity contribution in [3.8, 4) is 5.75 Å². The lowest BCUT2D eigenvalue weighted by Crippen LogP contribution is -2.28. The van der Waals surface area contributed by atoms with E-state index in [1.807, 2.05) is 6.07 Å². The molecule has 0 radical (unpaired) electrons. The van der Waals surface area contributed by atoms with Crippen LogP contribution in [0.2, 0.25) is 0 Å². The van der Waals surface area contributed by atoms with Gasteiger partial charge in [0.25, 0.3) is 0 Å². The second-order valence-electron chi connectivity index (χ2n) is 4.04. The third-order valence-electron chi connectivity index (χ3n) is 3.03. The van der Waals surface area contributed by atoms with Crippen molar-refractivity contribution in [2.24, 2.45) is 0 Å². The van der Waals surface area contributed by atoms with Crippen molar-refractivity contribution < 1.29 is 4.74 Å². The molecule has 82 valence electrons. The van der Waals surface area contributed by atoms with E-state index < -0.39 is 0 Å². The van der Waals surface area contributed by atoms with Gasteiger partial charge in [-0.1, -0.05) is 6.07 Å². The number of hydrogen-bond donors (Lipinski definition) is 2. The van der Waals surface area contributed by atoms with Crippen LogP contribution in [0.4, 0.5) is 5.69 Å². The Morgan fingerprint density at radius 1 is 1.47 bits per heavy atom. The highest BCUT2D eigenvalue weighted by Crippen LogP contribution is 2.29. The van der Waals surface area contributed by atoms with Crippen LogP contribution in [-0.4, -0.2) is 20.2 Å². The maximum Gasteiger partial charge on any atom is 0.142 e. The largest absolute Gasteiger partial charge is 0.495 e. The minimum atomic E-state index is 0.605. The molecule has 0 unspecified atom stereocenters. The first-order valence-corrected chi connectivity index (χ1v) is 5.45. The third-order valence-corrected chi connectivity index (χ3v) is 3.03. The summed E-state index contributed by atoms with van der Waals surface area (Å²) >= 11 is 0. The Hall–Kier alpha value is -1.22. The van der Waals surface area contributed by atoms with Crippen LogP contribution in [0.1, 0.15) is 24.3 Å². The molecule has 0 bridgehead atoms. The molecule has 15 heavy (non-hydrogen) atoms. The summed E-state index contributed by atoms with van der Waals surface area (Å²) in [5.74, 6) is 1.39. The SMILES string of the molecule is COc1cc([C@H]2CCCNC2)ccc1N. The standard InChI is InChI=1S/C12H18N2O/c1-15-12-7-9(4-5-11(12)13)10-3-2-6-14-8-10/h4-5,7,10,14H,2-3,6,8,13H2,1H3/t10-/m0/s1. The lowest BCUT2D eigenvalue weighted by molar-refractivity contribution is 0.413. The molecule has 1 saturated heterocycles. The molecule has 0 spiro atoms. The molecule has 0 aromatic heterocycles. The monoisotopic (exact) mass is 206 g/mol. The van der Waals surface area contributed by atoms with Crippen molar-refractivity contribution in [1.29, 1.82) is 0 Å². The molecule has 1 aliphatic rings. The molecular weight excluding hydrogens is 188 g/mol. The fourth-order valence-electron chi connectivity index (χ4n) is 2.12. The summed E-state index contributed by atoms with van der Waals surface area (Å²) in [6, 6.07) is 6.10. The molecule has 1 aromatic rings. The van der Waals surface area contributed by atoms with Gasteiger partial charge in [0.2, 0.25) is 0 Å². The summed E-state index contributed by atoms with van der Waals surface area (Å²) in [5.41, 5.74) is 7.83. The average molecular weight is 206 g/mol. The molecule has 1 atom stereocenters. The Bertz CT molecular complexity index is 332. The fourth-order valence-corrected chi connectivity index (χ4v) is 2.12. The van der Waals surface area contributed by atoms with E-state index in [0.29, 0.717) is 11.6 Å². The van der Waals surface area contributed by atoms with Gasteiger partial charge in [-0.15, -0.1) is 0 Å². The van der Waals surface area contributed by atoms with Crippen molar-refractivity contribution in [2.45, 2.75) is 18.8 Å². The average Bonchev–Trinajstić information content (AvgIpc) is 2.31. The number of piperidine rings is 1. The van der Waals surface area contributed by atoms with Gasteiger partial charge in [0.15, 0.2) is 0 Å². The number of methoxy groups -OCH3 is 1. The number of rotatable bonds is 2. The highest BCUT2D eigenvalue weighted by Gasteiger charge is 2.15. The minimum absolute atomic E-state index is 0.605. The van der Waals surface area contributed by atoms with Crippen LogP contribution in [0.3, 0.4) is 0 Å². The van der Waals surface area contributed by atoms with Gasteiger partial charge in [0, 0.05) is 6.54 Å². The lowest BCUT2D eigenvalue weighted by Gasteiger charge is -2.23. The Balaban J connectivity index is 2.20. The van der Waals surface area contributed by atoms with E-state index in [1.165, 1.54) is 18.4 Å². The van der Waals surface area contributed by atoms with Gasteiger partial charge in [0.05, 0.1) is 12.8 Å². The summed E-state index contributed by atoms with van der Waals surface area (Å²) < 4.78 is 5.23. The fraction of sp³-hybridized carbons (Fsp3) is 0.500. The van der Waals surface area contributed by atoms with Gasteiger partial charge < -0.3 is 15.8 Å². The molecule has 3 heteroatoms.